The molecule has 0 aromatic heterocycles. The first kappa shape index (κ1) is 9.08. The first-order chi connectivity index (χ1) is 6.25. The highest BCUT2D eigenvalue weighted by Crippen LogP contribution is 2.25. The van der Waals surface area contributed by atoms with Gasteiger partial charge in [-0.25, -0.2) is 0 Å². The van der Waals surface area contributed by atoms with Crippen LogP contribution in [-0.4, -0.2) is 19.3 Å². The lowest BCUT2D eigenvalue weighted by atomic mass is 10.3. The number of halogens is 1. The predicted octanol–water partition coefficient (Wildman–Crippen LogP) is 1.65. The minimum absolute atomic E-state index is 0.220. The summed E-state index contributed by atoms with van der Waals surface area (Å²) >= 11 is 2.21. The van der Waals surface area contributed by atoms with E-state index in [4.69, 9.17) is 15.2 Å². The summed E-state index contributed by atoms with van der Waals surface area (Å²) in [5, 5.41) is 0. The van der Waals surface area contributed by atoms with Crippen LogP contribution in [0.1, 0.15) is 0 Å². The molecule has 1 fully saturated rings. The molecular formula is C9H10INO2. The molecule has 0 atom stereocenters. The molecule has 1 aromatic rings. The summed E-state index contributed by atoms with van der Waals surface area (Å²) in [6.45, 7) is 1.39. The van der Waals surface area contributed by atoms with E-state index in [9.17, 15) is 0 Å². The van der Waals surface area contributed by atoms with Gasteiger partial charge in [-0.05, 0) is 40.8 Å². The van der Waals surface area contributed by atoms with Crippen molar-refractivity contribution in [1.29, 1.82) is 0 Å². The van der Waals surface area contributed by atoms with Crippen molar-refractivity contribution in [2.75, 3.05) is 18.9 Å². The summed E-state index contributed by atoms with van der Waals surface area (Å²) in [5.41, 5.74) is 6.39. The van der Waals surface area contributed by atoms with Crippen molar-refractivity contribution in [3.8, 4) is 5.75 Å². The number of benzene rings is 1. The minimum Gasteiger partial charge on any atom is -0.484 e. The molecular weight excluding hydrogens is 281 g/mol. The quantitative estimate of drug-likeness (QED) is 0.665. The molecule has 1 aliphatic heterocycles. The van der Waals surface area contributed by atoms with Crippen LogP contribution in [0.25, 0.3) is 0 Å². The third kappa shape index (κ3) is 2.05. The van der Waals surface area contributed by atoms with Gasteiger partial charge in [0.25, 0.3) is 0 Å². The Morgan fingerprint density at radius 3 is 2.77 bits per heavy atom. The molecule has 1 heterocycles. The van der Waals surface area contributed by atoms with E-state index in [-0.39, 0.29) is 6.10 Å². The highest BCUT2D eigenvalue weighted by atomic mass is 127. The fraction of sp³-hybridized carbons (Fsp3) is 0.333. The number of hydrogen-bond acceptors (Lipinski definition) is 3. The lowest BCUT2D eigenvalue weighted by Gasteiger charge is -2.27. The van der Waals surface area contributed by atoms with Gasteiger partial charge in [0.2, 0.25) is 0 Å². The second kappa shape index (κ2) is 3.71. The summed E-state index contributed by atoms with van der Waals surface area (Å²) in [6, 6.07) is 5.64. The Balaban J connectivity index is 2.10. The Kier molecular flexibility index (Phi) is 2.59. The van der Waals surface area contributed by atoms with Crippen molar-refractivity contribution >= 4 is 28.3 Å². The van der Waals surface area contributed by atoms with E-state index in [1.165, 1.54) is 0 Å². The van der Waals surface area contributed by atoms with Gasteiger partial charge in [0.1, 0.15) is 11.9 Å². The highest BCUT2D eigenvalue weighted by Gasteiger charge is 2.20. The summed E-state index contributed by atoms with van der Waals surface area (Å²) in [6.07, 6.45) is 0.220. The molecule has 1 aromatic carbocycles. The van der Waals surface area contributed by atoms with Crippen molar-refractivity contribution in [2.24, 2.45) is 0 Å². The van der Waals surface area contributed by atoms with Gasteiger partial charge in [-0.15, -0.1) is 0 Å². The topological polar surface area (TPSA) is 44.5 Å². The molecule has 3 nitrogen and oxygen atoms in total. The lowest BCUT2D eigenvalue weighted by molar-refractivity contribution is -0.0799. The highest BCUT2D eigenvalue weighted by molar-refractivity contribution is 14.1. The van der Waals surface area contributed by atoms with Gasteiger partial charge in [-0.3, -0.25) is 0 Å². The van der Waals surface area contributed by atoms with E-state index in [0.717, 1.165) is 15.0 Å². The smallest absolute Gasteiger partial charge is 0.145 e. The molecule has 1 saturated heterocycles. The zero-order chi connectivity index (χ0) is 9.26. The average Bonchev–Trinajstić information content (AvgIpc) is 1.99. The third-order valence-corrected chi connectivity index (χ3v) is 2.70. The molecule has 0 unspecified atom stereocenters. The van der Waals surface area contributed by atoms with E-state index >= 15 is 0 Å². The number of anilines is 1. The summed E-state index contributed by atoms with van der Waals surface area (Å²) in [7, 11) is 0. The Labute approximate surface area is 90.3 Å². The maximum Gasteiger partial charge on any atom is 0.145 e. The van der Waals surface area contributed by atoms with Gasteiger partial charge in [0.15, 0.2) is 0 Å². The van der Waals surface area contributed by atoms with Crippen molar-refractivity contribution in [2.45, 2.75) is 6.10 Å². The number of nitrogens with two attached hydrogens (primary N) is 1. The molecule has 0 radical (unpaired) electrons. The molecule has 70 valence electrons. The second-order valence-electron chi connectivity index (χ2n) is 2.97. The zero-order valence-electron chi connectivity index (χ0n) is 7.00. The van der Waals surface area contributed by atoms with Crippen LogP contribution in [0.4, 0.5) is 5.69 Å². The van der Waals surface area contributed by atoms with E-state index < -0.39 is 0 Å². The Morgan fingerprint density at radius 2 is 2.23 bits per heavy atom. The number of rotatable bonds is 2. The molecule has 1 aliphatic rings. The fourth-order valence-corrected chi connectivity index (χ4v) is 1.74. The monoisotopic (exact) mass is 291 g/mol. The lowest BCUT2D eigenvalue weighted by Crippen LogP contribution is -2.38. The minimum atomic E-state index is 0.220. The summed E-state index contributed by atoms with van der Waals surface area (Å²) in [4.78, 5) is 0. The summed E-state index contributed by atoms with van der Waals surface area (Å²) < 4.78 is 11.7. The zero-order valence-corrected chi connectivity index (χ0v) is 9.15. The number of hydrogen-bond donors (Lipinski definition) is 1. The van der Waals surface area contributed by atoms with Crippen molar-refractivity contribution in [1.82, 2.24) is 0 Å². The van der Waals surface area contributed by atoms with Gasteiger partial charge >= 0.3 is 0 Å². The van der Waals surface area contributed by atoms with Gasteiger partial charge < -0.3 is 15.2 Å². The van der Waals surface area contributed by atoms with Crippen LogP contribution < -0.4 is 10.5 Å². The van der Waals surface area contributed by atoms with Crippen molar-refractivity contribution < 1.29 is 9.47 Å². The van der Waals surface area contributed by atoms with Crippen LogP contribution in [0.5, 0.6) is 5.75 Å². The maximum absolute atomic E-state index is 5.65. The van der Waals surface area contributed by atoms with E-state index in [1.807, 2.05) is 18.2 Å². The van der Waals surface area contributed by atoms with Gasteiger partial charge in [-0.1, -0.05) is 0 Å². The van der Waals surface area contributed by atoms with Gasteiger partial charge in [0, 0.05) is 5.69 Å². The molecule has 4 heteroatoms. The Hall–Kier alpha value is -0.490. The molecule has 2 N–H and O–H groups in total. The summed E-state index contributed by atoms with van der Waals surface area (Å²) in [5.74, 6) is 0.892. The maximum atomic E-state index is 5.65. The molecule has 0 saturated carbocycles. The first-order valence-corrected chi connectivity index (χ1v) is 5.13. The third-order valence-electron chi connectivity index (χ3n) is 1.86. The van der Waals surface area contributed by atoms with Gasteiger partial charge in [0.05, 0.1) is 16.8 Å². The molecule has 13 heavy (non-hydrogen) atoms. The van der Waals surface area contributed by atoms with Crippen LogP contribution in [-0.2, 0) is 4.74 Å². The standard InChI is InChI=1S/C9H10INO2/c10-8-3-6(11)1-2-9(8)13-7-4-12-5-7/h1-3,7H,4-5,11H2. The normalized spacial score (nSPS) is 16.7. The number of nitrogen functional groups attached to an aromatic ring is 1. The average molecular weight is 291 g/mol. The van der Waals surface area contributed by atoms with Crippen LogP contribution in [0.15, 0.2) is 18.2 Å². The van der Waals surface area contributed by atoms with Crippen LogP contribution in [0, 0.1) is 3.57 Å². The van der Waals surface area contributed by atoms with E-state index in [2.05, 4.69) is 22.6 Å². The van der Waals surface area contributed by atoms with Crippen LogP contribution in [0.3, 0.4) is 0 Å². The molecule has 2 rings (SSSR count). The van der Waals surface area contributed by atoms with Crippen LogP contribution >= 0.6 is 22.6 Å². The first-order valence-electron chi connectivity index (χ1n) is 4.05. The fourth-order valence-electron chi connectivity index (χ4n) is 1.07. The Morgan fingerprint density at radius 1 is 1.46 bits per heavy atom. The van der Waals surface area contributed by atoms with Crippen LogP contribution in [0.2, 0.25) is 0 Å². The molecule has 0 spiro atoms. The predicted molar refractivity (Wildman–Crippen MR) is 58.8 cm³/mol. The van der Waals surface area contributed by atoms with E-state index in [1.54, 1.807) is 0 Å². The SMILES string of the molecule is Nc1ccc(OC2COC2)c(I)c1. The van der Waals surface area contributed by atoms with E-state index in [0.29, 0.717) is 13.2 Å². The van der Waals surface area contributed by atoms with Crippen molar-refractivity contribution in [3.05, 3.63) is 21.8 Å². The number of ether oxygens (including phenoxy) is 2. The molecule has 0 bridgehead atoms. The van der Waals surface area contributed by atoms with Crippen molar-refractivity contribution in [3.63, 3.8) is 0 Å². The largest absolute Gasteiger partial charge is 0.484 e. The molecule has 0 amide bonds. The second-order valence-corrected chi connectivity index (χ2v) is 4.13. The Bertz CT molecular complexity index is 312. The molecule has 0 aliphatic carbocycles. The van der Waals surface area contributed by atoms with Gasteiger partial charge in [-0.2, -0.15) is 0 Å².